The molecule has 1 aromatic rings. The first-order valence-corrected chi connectivity index (χ1v) is 6.40. The topological polar surface area (TPSA) is 69.6 Å². The smallest absolute Gasteiger partial charge is 0.321 e. The third-order valence-corrected chi connectivity index (χ3v) is 2.95. The normalized spacial score (nSPS) is 11.8. The molecule has 0 spiro atoms. The summed E-state index contributed by atoms with van der Waals surface area (Å²) in [4.78, 5) is 24.2. The van der Waals surface area contributed by atoms with Gasteiger partial charge in [-0.3, -0.25) is 4.79 Å². The predicted molar refractivity (Wildman–Crippen MR) is 74.2 cm³/mol. The molecule has 2 N–H and O–H groups in total. The van der Waals surface area contributed by atoms with E-state index >= 15 is 0 Å². The number of nitrogens with zero attached hydrogens (tertiary/aromatic N) is 1. The lowest BCUT2D eigenvalue weighted by Gasteiger charge is -2.23. The van der Waals surface area contributed by atoms with Crippen LogP contribution in [0.1, 0.15) is 19.4 Å². The van der Waals surface area contributed by atoms with Crippen LogP contribution < -0.4 is 5.32 Å². The molecule has 1 rings (SSSR count). The van der Waals surface area contributed by atoms with Crippen LogP contribution in [0.5, 0.6) is 0 Å². The predicted octanol–water partition coefficient (Wildman–Crippen LogP) is 2.71. The number of rotatable bonds is 5. The van der Waals surface area contributed by atoms with Crippen molar-refractivity contribution in [3.63, 3.8) is 0 Å². The zero-order chi connectivity index (χ0) is 15.3. The Hall–Kier alpha value is -2.11. The van der Waals surface area contributed by atoms with Gasteiger partial charge < -0.3 is 15.3 Å². The number of carboxylic acid groups (broad SMARTS) is 1. The van der Waals surface area contributed by atoms with E-state index in [2.05, 4.69) is 5.32 Å². The van der Waals surface area contributed by atoms with Crippen LogP contribution >= 0.6 is 0 Å². The molecule has 0 aliphatic carbocycles. The second-order valence-electron chi connectivity index (χ2n) is 4.69. The molecule has 0 heterocycles. The number of aryl methyl sites for hydroxylation is 1. The van der Waals surface area contributed by atoms with Gasteiger partial charge in [0.15, 0.2) is 0 Å². The Morgan fingerprint density at radius 1 is 1.45 bits per heavy atom. The third kappa shape index (κ3) is 4.22. The highest BCUT2D eigenvalue weighted by Gasteiger charge is 2.20. The molecule has 0 saturated heterocycles. The zero-order valence-electron chi connectivity index (χ0n) is 11.8. The molecule has 0 aromatic heterocycles. The molecule has 5 nitrogen and oxygen atoms in total. The van der Waals surface area contributed by atoms with Gasteiger partial charge in [0.05, 0.1) is 11.6 Å². The summed E-state index contributed by atoms with van der Waals surface area (Å²) < 4.78 is 13.6. The second kappa shape index (κ2) is 6.88. The van der Waals surface area contributed by atoms with E-state index < -0.39 is 23.7 Å². The quantitative estimate of drug-likeness (QED) is 0.872. The SMILES string of the molecule is CCN(CC(C)C(=O)O)C(=O)Nc1cc(C)ccc1F. The highest BCUT2D eigenvalue weighted by molar-refractivity contribution is 5.89. The molecule has 1 unspecified atom stereocenters. The van der Waals surface area contributed by atoms with E-state index in [9.17, 15) is 14.0 Å². The Morgan fingerprint density at radius 2 is 2.10 bits per heavy atom. The van der Waals surface area contributed by atoms with Crippen LogP contribution in [0.4, 0.5) is 14.9 Å². The summed E-state index contributed by atoms with van der Waals surface area (Å²) in [7, 11) is 0. The summed E-state index contributed by atoms with van der Waals surface area (Å²) in [6, 6.07) is 3.91. The van der Waals surface area contributed by atoms with E-state index in [1.807, 2.05) is 0 Å². The van der Waals surface area contributed by atoms with E-state index in [0.717, 1.165) is 5.56 Å². The maximum absolute atomic E-state index is 13.6. The summed E-state index contributed by atoms with van der Waals surface area (Å²) in [6.07, 6.45) is 0. The van der Waals surface area contributed by atoms with Gasteiger partial charge in [-0.2, -0.15) is 0 Å². The molecule has 1 aromatic carbocycles. The number of anilines is 1. The Balaban J connectivity index is 2.77. The van der Waals surface area contributed by atoms with Crippen molar-refractivity contribution in [2.75, 3.05) is 18.4 Å². The summed E-state index contributed by atoms with van der Waals surface area (Å²) in [5.74, 6) is -2.17. The van der Waals surface area contributed by atoms with E-state index in [4.69, 9.17) is 5.11 Å². The van der Waals surface area contributed by atoms with E-state index in [1.54, 1.807) is 19.9 Å². The van der Waals surface area contributed by atoms with Crippen molar-refractivity contribution in [1.82, 2.24) is 4.90 Å². The van der Waals surface area contributed by atoms with Gasteiger partial charge in [-0.05, 0) is 31.5 Å². The van der Waals surface area contributed by atoms with Crippen LogP contribution in [0.2, 0.25) is 0 Å². The van der Waals surface area contributed by atoms with Gasteiger partial charge in [0.25, 0.3) is 0 Å². The molecule has 0 bridgehead atoms. The standard InChI is InChI=1S/C14H19FN2O3/c1-4-17(8-10(3)13(18)19)14(20)16-12-7-9(2)5-6-11(12)15/h5-7,10H,4,8H2,1-3H3,(H,16,20)(H,18,19). The van der Waals surface area contributed by atoms with Gasteiger partial charge in [-0.1, -0.05) is 13.0 Å². The number of hydrogen-bond acceptors (Lipinski definition) is 2. The average Bonchev–Trinajstić information content (AvgIpc) is 2.39. The Morgan fingerprint density at radius 3 is 2.65 bits per heavy atom. The Bertz CT molecular complexity index is 505. The summed E-state index contributed by atoms with van der Waals surface area (Å²) in [5.41, 5.74) is 0.917. The fourth-order valence-corrected chi connectivity index (χ4v) is 1.69. The Labute approximate surface area is 117 Å². The van der Waals surface area contributed by atoms with Gasteiger partial charge >= 0.3 is 12.0 Å². The number of carboxylic acids is 1. The highest BCUT2D eigenvalue weighted by atomic mass is 19.1. The molecule has 20 heavy (non-hydrogen) atoms. The van der Waals surface area contributed by atoms with Crippen molar-refractivity contribution in [2.45, 2.75) is 20.8 Å². The number of halogens is 1. The molecular weight excluding hydrogens is 263 g/mol. The zero-order valence-corrected chi connectivity index (χ0v) is 11.8. The number of hydrogen-bond donors (Lipinski definition) is 2. The minimum atomic E-state index is -0.974. The lowest BCUT2D eigenvalue weighted by molar-refractivity contribution is -0.141. The largest absolute Gasteiger partial charge is 0.481 e. The molecule has 0 radical (unpaired) electrons. The van der Waals surface area contributed by atoms with Gasteiger partial charge in [0, 0.05) is 13.1 Å². The van der Waals surface area contributed by atoms with Crippen molar-refractivity contribution < 1.29 is 19.1 Å². The molecule has 110 valence electrons. The maximum atomic E-state index is 13.6. The number of carbonyl (C=O) groups is 2. The fourth-order valence-electron chi connectivity index (χ4n) is 1.69. The van der Waals surface area contributed by atoms with Crippen molar-refractivity contribution in [3.05, 3.63) is 29.6 Å². The molecular formula is C14H19FN2O3. The van der Waals surface area contributed by atoms with Crippen LogP contribution in [0.3, 0.4) is 0 Å². The molecule has 2 amide bonds. The molecule has 1 atom stereocenters. The molecule has 0 fully saturated rings. The molecule has 6 heteroatoms. The van der Waals surface area contributed by atoms with E-state index in [1.165, 1.54) is 24.0 Å². The van der Waals surface area contributed by atoms with Crippen molar-refractivity contribution in [3.8, 4) is 0 Å². The first-order valence-electron chi connectivity index (χ1n) is 6.40. The first-order chi connectivity index (χ1) is 9.35. The van der Waals surface area contributed by atoms with Crippen molar-refractivity contribution in [1.29, 1.82) is 0 Å². The van der Waals surface area contributed by atoms with Crippen LogP contribution in [0.15, 0.2) is 18.2 Å². The van der Waals surface area contributed by atoms with Crippen LogP contribution in [0, 0.1) is 18.7 Å². The van der Waals surface area contributed by atoms with Gasteiger partial charge in [-0.25, -0.2) is 9.18 Å². The van der Waals surface area contributed by atoms with Crippen LogP contribution in [-0.4, -0.2) is 35.1 Å². The fraction of sp³-hybridized carbons (Fsp3) is 0.429. The molecule has 0 aliphatic heterocycles. The molecule has 0 aliphatic rings. The number of urea groups is 1. The summed E-state index contributed by atoms with van der Waals surface area (Å²) in [5, 5.41) is 11.3. The minimum Gasteiger partial charge on any atom is -0.481 e. The number of benzene rings is 1. The average molecular weight is 282 g/mol. The van der Waals surface area contributed by atoms with Crippen molar-refractivity contribution in [2.24, 2.45) is 5.92 Å². The van der Waals surface area contributed by atoms with Gasteiger partial charge in [0.1, 0.15) is 5.82 Å². The maximum Gasteiger partial charge on any atom is 0.321 e. The summed E-state index contributed by atoms with van der Waals surface area (Å²) in [6.45, 7) is 5.47. The van der Waals surface area contributed by atoms with Crippen molar-refractivity contribution >= 4 is 17.7 Å². The lowest BCUT2D eigenvalue weighted by atomic mass is 10.2. The number of amides is 2. The van der Waals surface area contributed by atoms with E-state index in [0.29, 0.717) is 6.54 Å². The van der Waals surface area contributed by atoms with Gasteiger partial charge in [-0.15, -0.1) is 0 Å². The number of aliphatic carboxylic acids is 1. The highest BCUT2D eigenvalue weighted by Crippen LogP contribution is 2.16. The number of nitrogens with one attached hydrogen (secondary N) is 1. The minimum absolute atomic E-state index is 0.0745. The number of carbonyl (C=O) groups excluding carboxylic acids is 1. The van der Waals surface area contributed by atoms with Gasteiger partial charge in [0.2, 0.25) is 0 Å². The van der Waals surface area contributed by atoms with Crippen LogP contribution in [0.25, 0.3) is 0 Å². The lowest BCUT2D eigenvalue weighted by Crippen LogP contribution is -2.39. The second-order valence-corrected chi connectivity index (χ2v) is 4.69. The Kier molecular flexibility index (Phi) is 5.49. The van der Waals surface area contributed by atoms with Crippen LogP contribution in [-0.2, 0) is 4.79 Å². The molecule has 0 saturated carbocycles. The monoisotopic (exact) mass is 282 g/mol. The third-order valence-electron chi connectivity index (χ3n) is 2.95. The van der Waals surface area contributed by atoms with E-state index in [-0.39, 0.29) is 12.2 Å². The summed E-state index contributed by atoms with van der Waals surface area (Å²) >= 11 is 0. The first kappa shape index (κ1) is 15.9.